The van der Waals surface area contributed by atoms with E-state index >= 15 is 0 Å². The first kappa shape index (κ1) is 28.9. The van der Waals surface area contributed by atoms with Crippen molar-refractivity contribution in [2.24, 2.45) is 0 Å². The summed E-state index contributed by atoms with van der Waals surface area (Å²) in [5.41, 5.74) is -0.643. The number of carbonyl (C=O) groups is 6. The van der Waals surface area contributed by atoms with Crippen LogP contribution in [0.25, 0.3) is 0 Å². The second kappa shape index (κ2) is 10.8. The zero-order valence-electron chi connectivity index (χ0n) is 22.9. The molecule has 0 saturated carbocycles. The lowest BCUT2D eigenvalue weighted by atomic mass is 10.00. The van der Waals surface area contributed by atoms with Crippen LogP contribution in [-0.2, 0) is 38.1 Å². The Balaban J connectivity index is 2.10. The predicted molar refractivity (Wildman–Crippen MR) is 131 cm³/mol. The molecule has 1 atom stereocenters. The smallest absolute Gasteiger partial charge is 0.347 e. The van der Waals surface area contributed by atoms with Crippen LogP contribution in [0.2, 0.25) is 0 Å². The van der Waals surface area contributed by atoms with Crippen LogP contribution in [0.15, 0.2) is 6.07 Å². The molecule has 0 aromatic heterocycles. The monoisotopic (exact) mass is 572 g/mol. The minimum Gasteiger partial charge on any atom is -0.496 e. The van der Waals surface area contributed by atoms with Crippen LogP contribution < -0.4 is 18.9 Å². The fourth-order valence-electron chi connectivity index (χ4n) is 4.40. The van der Waals surface area contributed by atoms with Gasteiger partial charge in [-0.25, -0.2) is 9.59 Å². The highest BCUT2D eigenvalue weighted by Gasteiger charge is 2.46. The van der Waals surface area contributed by atoms with Gasteiger partial charge in [-0.15, -0.1) is 0 Å². The highest BCUT2D eigenvalue weighted by atomic mass is 16.7. The third kappa shape index (κ3) is 5.23. The highest BCUT2D eigenvalue weighted by Crippen LogP contribution is 2.55. The summed E-state index contributed by atoms with van der Waals surface area (Å²) >= 11 is 0. The van der Waals surface area contributed by atoms with Crippen molar-refractivity contribution in [3.05, 3.63) is 39.4 Å². The van der Waals surface area contributed by atoms with Gasteiger partial charge in [0.25, 0.3) is 12.6 Å². The molecule has 216 valence electrons. The number of hydrogen-bond donors (Lipinski definition) is 0. The lowest BCUT2D eigenvalue weighted by Crippen LogP contribution is -2.18. The molecule has 0 saturated heterocycles. The number of hydrogen-bond acceptors (Lipinski definition) is 14. The quantitative estimate of drug-likeness (QED) is 0.279. The summed E-state index contributed by atoms with van der Waals surface area (Å²) in [5, 5.41) is 0. The van der Waals surface area contributed by atoms with Gasteiger partial charge in [0.15, 0.2) is 23.0 Å². The van der Waals surface area contributed by atoms with Crippen LogP contribution in [0.4, 0.5) is 0 Å². The van der Waals surface area contributed by atoms with Crippen molar-refractivity contribution >= 4 is 35.8 Å². The van der Waals surface area contributed by atoms with Gasteiger partial charge in [0.1, 0.15) is 22.4 Å². The fourth-order valence-corrected chi connectivity index (χ4v) is 4.40. The molecule has 0 N–H and O–H groups in total. The molecule has 0 fully saturated rings. The van der Waals surface area contributed by atoms with Crippen molar-refractivity contribution in [2.45, 2.75) is 54.1 Å². The minimum absolute atomic E-state index is 0.00115. The summed E-state index contributed by atoms with van der Waals surface area (Å²) in [5.74, 6) is -6.58. The Bertz CT molecular complexity index is 1520. The third-order valence-electron chi connectivity index (χ3n) is 5.88. The van der Waals surface area contributed by atoms with Gasteiger partial charge in [-0.1, -0.05) is 0 Å². The summed E-state index contributed by atoms with van der Waals surface area (Å²) in [4.78, 5) is 74.2. The lowest BCUT2D eigenvalue weighted by molar-refractivity contribution is -0.187. The molecule has 2 aromatic carbocycles. The van der Waals surface area contributed by atoms with E-state index in [4.69, 9.17) is 37.9 Å². The second-order valence-electron chi connectivity index (χ2n) is 8.90. The van der Waals surface area contributed by atoms with E-state index in [0.29, 0.717) is 0 Å². The zero-order valence-corrected chi connectivity index (χ0v) is 22.9. The average Bonchev–Trinajstić information content (AvgIpc) is 3.06. The molecule has 0 radical (unpaired) electrons. The Morgan fingerprint density at radius 3 is 1.98 bits per heavy atom. The number of esters is 6. The van der Waals surface area contributed by atoms with Gasteiger partial charge < -0.3 is 37.9 Å². The minimum atomic E-state index is -1.75. The van der Waals surface area contributed by atoms with Gasteiger partial charge in [-0.3, -0.25) is 19.2 Å². The molecule has 14 heteroatoms. The van der Waals surface area contributed by atoms with Gasteiger partial charge in [-0.2, -0.15) is 0 Å². The fraction of sp³-hybridized carbons (Fsp3) is 0.333. The van der Waals surface area contributed by atoms with Gasteiger partial charge in [-0.05, 0) is 25.5 Å². The Morgan fingerprint density at radius 1 is 0.805 bits per heavy atom. The third-order valence-corrected chi connectivity index (χ3v) is 5.88. The standard InChI is InChI=1S/C27H24O14/c1-9-8-15(34-7)17(26(36-12(4)29)37-13(5)30)22-16(9)24(32)40-21-10(2)20(35-11(3)28)18-19(23(21)39-22)27(38-14(6)31)41-25(18)33/h8,26-27H,1-7H3. The molecule has 0 spiro atoms. The zero-order chi connectivity index (χ0) is 30.3. The number of fused-ring (bicyclic) bond motifs is 4. The van der Waals surface area contributed by atoms with E-state index in [0.717, 1.165) is 27.7 Å². The average molecular weight is 572 g/mol. The molecule has 2 aromatic rings. The summed E-state index contributed by atoms with van der Waals surface area (Å²) < 4.78 is 43.5. The van der Waals surface area contributed by atoms with Crippen molar-refractivity contribution < 1.29 is 66.7 Å². The summed E-state index contributed by atoms with van der Waals surface area (Å²) in [6.45, 7) is 7.22. The number of carbonyl (C=O) groups excluding carboxylic acids is 6. The maximum absolute atomic E-state index is 13.6. The topological polar surface area (TPSA) is 176 Å². The van der Waals surface area contributed by atoms with Crippen LogP contribution >= 0.6 is 0 Å². The highest BCUT2D eigenvalue weighted by molar-refractivity contribution is 6.03. The summed E-state index contributed by atoms with van der Waals surface area (Å²) in [6, 6.07) is 1.41. The van der Waals surface area contributed by atoms with E-state index < -0.39 is 48.4 Å². The molecule has 0 aliphatic carbocycles. The van der Waals surface area contributed by atoms with Crippen molar-refractivity contribution in [3.8, 4) is 28.7 Å². The largest absolute Gasteiger partial charge is 0.496 e. The van der Waals surface area contributed by atoms with Crippen LogP contribution in [0.5, 0.6) is 28.7 Å². The number of cyclic esters (lactones) is 1. The van der Waals surface area contributed by atoms with Gasteiger partial charge in [0, 0.05) is 33.3 Å². The number of aryl methyl sites for hydroxylation is 1. The van der Waals surface area contributed by atoms with Crippen LogP contribution in [-0.4, -0.2) is 42.9 Å². The maximum Gasteiger partial charge on any atom is 0.347 e. The SMILES string of the molecule is COc1cc(C)c2c(c1C(OC(C)=O)OC(C)=O)Oc1c(c(C)c(OC(C)=O)c3c1C(OC(C)=O)OC3=O)OC2=O. The normalized spacial score (nSPS) is 14.8. The van der Waals surface area contributed by atoms with E-state index in [9.17, 15) is 28.8 Å². The van der Waals surface area contributed by atoms with Gasteiger partial charge in [0.2, 0.25) is 0 Å². The second-order valence-corrected chi connectivity index (χ2v) is 8.90. The van der Waals surface area contributed by atoms with Crippen LogP contribution in [0, 0.1) is 13.8 Å². The Morgan fingerprint density at radius 2 is 1.44 bits per heavy atom. The molecule has 2 aliphatic rings. The first-order valence-electron chi connectivity index (χ1n) is 12.0. The Kier molecular flexibility index (Phi) is 7.59. The molecular formula is C27H24O14. The lowest BCUT2D eigenvalue weighted by Gasteiger charge is -2.24. The van der Waals surface area contributed by atoms with E-state index in [1.807, 2.05) is 0 Å². The molecule has 14 nitrogen and oxygen atoms in total. The molecule has 41 heavy (non-hydrogen) atoms. The van der Waals surface area contributed by atoms with Crippen molar-refractivity contribution in [1.29, 1.82) is 0 Å². The molecule has 0 bridgehead atoms. The van der Waals surface area contributed by atoms with E-state index in [1.165, 1.54) is 27.0 Å². The van der Waals surface area contributed by atoms with E-state index in [1.54, 1.807) is 0 Å². The van der Waals surface area contributed by atoms with Crippen LogP contribution in [0.3, 0.4) is 0 Å². The maximum atomic E-state index is 13.6. The van der Waals surface area contributed by atoms with Crippen LogP contribution in [0.1, 0.15) is 83.2 Å². The van der Waals surface area contributed by atoms with Crippen molar-refractivity contribution in [3.63, 3.8) is 0 Å². The van der Waals surface area contributed by atoms with Crippen molar-refractivity contribution in [1.82, 2.24) is 0 Å². The Labute approximate surface area is 232 Å². The number of rotatable bonds is 6. The van der Waals surface area contributed by atoms with E-state index in [-0.39, 0.29) is 62.1 Å². The number of methoxy groups -OCH3 is 1. The predicted octanol–water partition coefficient (Wildman–Crippen LogP) is 3.42. The summed E-state index contributed by atoms with van der Waals surface area (Å²) in [6.07, 6.45) is -3.44. The molecular weight excluding hydrogens is 548 g/mol. The number of benzene rings is 2. The van der Waals surface area contributed by atoms with E-state index in [2.05, 4.69) is 0 Å². The molecule has 1 unspecified atom stereocenters. The van der Waals surface area contributed by atoms with Gasteiger partial charge >= 0.3 is 35.8 Å². The first-order chi connectivity index (χ1) is 19.2. The molecule has 4 rings (SSSR count). The Hall–Kier alpha value is -5.14. The molecule has 0 amide bonds. The molecule has 2 aliphatic heterocycles. The first-order valence-corrected chi connectivity index (χ1v) is 12.0. The van der Waals surface area contributed by atoms with Crippen molar-refractivity contribution in [2.75, 3.05) is 7.11 Å². The molecule has 2 heterocycles. The number of ether oxygens (including phenoxy) is 8. The van der Waals surface area contributed by atoms with Gasteiger partial charge in [0.05, 0.1) is 12.7 Å². The summed E-state index contributed by atoms with van der Waals surface area (Å²) in [7, 11) is 1.28.